The minimum atomic E-state index is -0.831. The minimum Gasteiger partial charge on any atom is -0.481 e. The van der Waals surface area contributed by atoms with Crippen molar-refractivity contribution in [1.29, 1.82) is 0 Å². The SMILES string of the molecule is CCN(Cc1ccc(Br)s1)C(=O)[C@@H]1CCCC[C@@H]1C(=O)O. The van der Waals surface area contributed by atoms with Crippen LogP contribution in [-0.2, 0) is 16.1 Å². The summed E-state index contributed by atoms with van der Waals surface area (Å²) in [5, 5.41) is 9.33. The number of halogens is 1. The Bertz CT molecular complexity index is 517. The maximum Gasteiger partial charge on any atom is 0.307 e. The van der Waals surface area contributed by atoms with E-state index in [0.717, 1.165) is 21.5 Å². The van der Waals surface area contributed by atoms with Gasteiger partial charge in [0, 0.05) is 11.4 Å². The van der Waals surface area contributed by atoms with Gasteiger partial charge < -0.3 is 10.0 Å². The van der Waals surface area contributed by atoms with E-state index in [9.17, 15) is 14.7 Å². The van der Waals surface area contributed by atoms with Crippen molar-refractivity contribution in [3.05, 3.63) is 20.8 Å². The van der Waals surface area contributed by atoms with E-state index >= 15 is 0 Å². The molecule has 21 heavy (non-hydrogen) atoms. The quantitative estimate of drug-likeness (QED) is 0.854. The number of carboxylic acid groups (broad SMARTS) is 1. The van der Waals surface area contributed by atoms with E-state index in [1.54, 1.807) is 16.2 Å². The fraction of sp³-hybridized carbons (Fsp3) is 0.600. The van der Waals surface area contributed by atoms with E-state index in [1.165, 1.54) is 0 Å². The number of aliphatic carboxylic acids is 1. The van der Waals surface area contributed by atoms with Crippen LogP contribution in [0, 0.1) is 11.8 Å². The topological polar surface area (TPSA) is 57.6 Å². The van der Waals surface area contributed by atoms with E-state index in [1.807, 2.05) is 19.1 Å². The highest BCUT2D eigenvalue weighted by Crippen LogP contribution is 2.32. The highest BCUT2D eigenvalue weighted by atomic mass is 79.9. The Hall–Kier alpha value is -0.880. The number of carbonyl (C=O) groups is 2. The summed E-state index contributed by atoms with van der Waals surface area (Å²) in [6, 6.07) is 3.97. The molecule has 0 bridgehead atoms. The predicted molar refractivity (Wildman–Crippen MR) is 86.2 cm³/mol. The first-order valence-corrected chi connectivity index (χ1v) is 8.89. The van der Waals surface area contributed by atoms with Crippen LogP contribution in [0.3, 0.4) is 0 Å². The van der Waals surface area contributed by atoms with Crippen molar-refractivity contribution in [1.82, 2.24) is 4.90 Å². The average Bonchev–Trinajstić information content (AvgIpc) is 2.89. The van der Waals surface area contributed by atoms with E-state index in [4.69, 9.17) is 0 Å². The molecule has 1 aliphatic rings. The van der Waals surface area contributed by atoms with Crippen LogP contribution in [0.4, 0.5) is 0 Å². The molecule has 2 rings (SSSR count). The van der Waals surface area contributed by atoms with Gasteiger partial charge in [0.2, 0.25) is 5.91 Å². The van der Waals surface area contributed by atoms with E-state index in [0.29, 0.717) is 25.9 Å². The van der Waals surface area contributed by atoms with Gasteiger partial charge in [-0.15, -0.1) is 11.3 Å². The van der Waals surface area contributed by atoms with Crippen LogP contribution in [0.25, 0.3) is 0 Å². The van der Waals surface area contributed by atoms with Crippen LogP contribution in [0.5, 0.6) is 0 Å². The summed E-state index contributed by atoms with van der Waals surface area (Å²) in [5.74, 6) is -1.72. The van der Waals surface area contributed by atoms with Crippen LogP contribution in [0.1, 0.15) is 37.5 Å². The van der Waals surface area contributed by atoms with Gasteiger partial charge in [-0.1, -0.05) is 12.8 Å². The second-order valence-electron chi connectivity index (χ2n) is 5.39. The van der Waals surface area contributed by atoms with Gasteiger partial charge in [-0.3, -0.25) is 9.59 Å². The minimum absolute atomic E-state index is 0.00544. The predicted octanol–water partition coefficient (Wildman–Crippen LogP) is 3.75. The fourth-order valence-electron chi connectivity index (χ4n) is 2.93. The smallest absolute Gasteiger partial charge is 0.307 e. The van der Waals surface area contributed by atoms with Crippen molar-refractivity contribution < 1.29 is 14.7 Å². The number of nitrogens with zero attached hydrogens (tertiary/aromatic N) is 1. The second-order valence-corrected chi connectivity index (χ2v) is 7.94. The zero-order valence-electron chi connectivity index (χ0n) is 12.0. The third kappa shape index (κ3) is 4.07. The third-order valence-corrected chi connectivity index (χ3v) is 5.68. The Morgan fingerprint density at radius 2 is 2.00 bits per heavy atom. The zero-order valence-corrected chi connectivity index (χ0v) is 14.5. The first-order valence-electron chi connectivity index (χ1n) is 7.28. The Morgan fingerprint density at radius 3 is 2.52 bits per heavy atom. The van der Waals surface area contributed by atoms with E-state index in [2.05, 4.69) is 15.9 Å². The molecule has 1 saturated carbocycles. The average molecular weight is 374 g/mol. The molecule has 0 unspecified atom stereocenters. The van der Waals surface area contributed by atoms with Crippen molar-refractivity contribution in [3.63, 3.8) is 0 Å². The molecular formula is C15H20BrNO3S. The number of hydrogen-bond acceptors (Lipinski definition) is 3. The lowest BCUT2D eigenvalue weighted by molar-refractivity contribution is -0.152. The molecule has 1 fully saturated rings. The summed E-state index contributed by atoms with van der Waals surface area (Å²) >= 11 is 5.03. The molecule has 1 aromatic rings. The van der Waals surface area contributed by atoms with Gasteiger partial charge >= 0.3 is 5.97 Å². The molecule has 2 atom stereocenters. The Morgan fingerprint density at radius 1 is 1.33 bits per heavy atom. The molecule has 0 aliphatic heterocycles. The van der Waals surface area contributed by atoms with Gasteiger partial charge in [0.25, 0.3) is 0 Å². The molecule has 0 spiro atoms. The molecule has 1 amide bonds. The normalized spacial score (nSPS) is 22.0. The fourth-order valence-corrected chi connectivity index (χ4v) is 4.43. The van der Waals surface area contributed by atoms with Gasteiger partial charge in [0.05, 0.1) is 22.2 Å². The largest absolute Gasteiger partial charge is 0.481 e. The third-order valence-electron chi connectivity index (χ3n) is 4.07. The molecule has 0 saturated heterocycles. The molecular weight excluding hydrogens is 354 g/mol. The van der Waals surface area contributed by atoms with E-state index < -0.39 is 11.9 Å². The van der Waals surface area contributed by atoms with Crippen LogP contribution < -0.4 is 0 Å². The standard InChI is InChI=1S/C15H20BrNO3S/c1-2-17(9-10-7-8-13(16)21-10)14(18)11-5-3-4-6-12(11)15(19)20/h7-8,11-12H,2-6,9H2,1H3,(H,19,20)/t11-,12+/m1/s1. The number of carboxylic acids is 1. The highest BCUT2D eigenvalue weighted by molar-refractivity contribution is 9.11. The van der Waals surface area contributed by atoms with E-state index in [-0.39, 0.29) is 11.8 Å². The molecule has 0 aromatic carbocycles. The molecule has 1 heterocycles. The van der Waals surface area contributed by atoms with Crippen LogP contribution in [-0.4, -0.2) is 28.4 Å². The number of hydrogen-bond donors (Lipinski definition) is 1. The van der Waals surface area contributed by atoms with Crippen molar-refractivity contribution in [2.75, 3.05) is 6.54 Å². The second kappa shape index (κ2) is 7.40. The van der Waals surface area contributed by atoms with Crippen LogP contribution in [0.15, 0.2) is 15.9 Å². The summed E-state index contributed by atoms with van der Waals surface area (Å²) in [5.41, 5.74) is 0. The Balaban J connectivity index is 2.09. The molecule has 1 aliphatic carbocycles. The molecule has 1 N–H and O–H groups in total. The maximum atomic E-state index is 12.7. The number of carbonyl (C=O) groups excluding carboxylic acids is 1. The van der Waals surface area contributed by atoms with Crippen molar-refractivity contribution in [2.45, 2.75) is 39.2 Å². The van der Waals surface area contributed by atoms with Gasteiger partial charge in [0.1, 0.15) is 0 Å². The van der Waals surface area contributed by atoms with Gasteiger partial charge in [0.15, 0.2) is 0 Å². The van der Waals surface area contributed by atoms with Gasteiger partial charge in [-0.2, -0.15) is 0 Å². The first kappa shape index (κ1) is 16.5. The van der Waals surface area contributed by atoms with Gasteiger partial charge in [-0.25, -0.2) is 0 Å². The summed E-state index contributed by atoms with van der Waals surface area (Å²) < 4.78 is 1.04. The molecule has 1 aromatic heterocycles. The maximum absolute atomic E-state index is 12.7. The van der Waals surface area contributed by atoms with Crippen LogP contribution >= 0.6 is 27.3 Å². The van der Waals surface area contributed by atoms with Gasteiger partial charge in [-0.05, 0) is 47.8 Å². The summed E-state index contributed by atoms with van der Waals surface area (Å²) in [6.07, 6.45) is 3.17. The number of thiophene rings is 1. The summed E-state index contributed by atoms with van der Waals surface area (Å²) in [6.45, 7) is 3.12. The lowest BCUT2D eigenvalue weighted by Gasteiger charge is -2.32. The van der Waals surface area contributed by atoms with Crippen LogP contribution in [0.2, 0.25) is 0 Å². The monoisotopic (exact) mass is 373 g/mol. The lowest BCUT2D eigenvalue weighted by atomic mass is 9.78. The van der Waals surface area contributed by atoms with Crippen molar-refractivity contribution in [3.8, 4) is 0 Å². The molecule has 6 heteroatoms. The summed E-state index contributed by atoms with van der Waals surface area (Å²) in [4.78, 5) is 27.0. The highest BCUT2D eigenvalue weighted by Gasteiger charge is 2.37. The lowest BCUT2D eigenvalue weighted by Crippen LogP contribution is -2.42. The molecule has 116 valence electrons. The Kier molecular flexibility index (Phi) is 5.81. The van der Waals surface area contributed by atoms with Crippen molar-refractivity contribution >= 4 is 39.1 Å². The summed E-state index contributed by atoms with van der Waals surface area (Å²) in [7, 11) is 0. The Labute approximate surface area is 137 Å². The molecule has 0 radical (unpaired) electrons. The number of rotatable bonds is 5. The number of amides is 1. The zero-order chi connectivity index (χ0) is 15.4. The first-order chi connectivity index (χ1) is 10.0. The van der Waals surface area contributed by atoms with Crippen molar-refractivity contribution in [2.24, 2.45) is 11.8 Å². The molecule has 4 nitrogen and oxygen atoms in total.